The zero-order chi connectivity index (χ0) is 2.71. The molecule has 0 fully saturated rings. The second-order valence-electron chi connectivity index (χ2n) is 0.100. The summed E-state index contributed by atoms with van der Waals surface area (Å²) < 4.78 is 0. The average Bonchev–Trinajstić information content (AvgIpc) is 0.918. The molecule has 0 heterocycles. The van der Waals surface area contributed by atoms with Gasteiger partial charge < -0.3 is 5.11 Å². The van der Waals surface area contributed by atoms with Crippen LogP contribution >= 0.6 is 0 Å². The standard InChI is InChI=1S/CHNO.Ba.2H/c2-1-3;;;/h3H;;;. The molecule has 0 atom stereocenters. The zero-order valence-electron chi connectivity index (χ0n) is 1.39. The summed E-state index contributed by atoms with van der Waals surface area (Å²) in [5.74, 6) is 0. The molecule has 0 amide bonds. The van der Waals surface area contributed by atoms with Gasteiger partial charge in [-0.15, -0.1) is 0 Å². The van der Waals surface area contributed by atoms with E-state index in [9.17, 15) is 0 Å². The fourth-order valence-corrected chi connectivity index (χ4v) is 0. The fraction of sp³-hybridized carbons (Fsp3) is 0. The van der Waals surface area contributed by atoms with E-state index in [1.165, 1.54) is 0 Å². The van der Waals surface area contributed by atoms with E-state index in [4.69, 9.17) is 10.4 Å². The van der Waals surface area contributed by atoms with Gasteiger partial charge in [0, 0.05) is 0 Å². The number of nitrogens with zero attached hydrogens (tertiary/aromatic N) is 1. The van der Waals surface area contributed by atoms with Crippen molar-refractivity contribution in [2.24, 2.45) is 0 Å². The maximum atomic E-state index is 6.88. The van der Waals surface area contributed by atoms with Gasteiger partial charge in [0.15, 0.2) is 0 Å². The van der Waals surface area contributed by atoms with Crippen molar-refractivity contribution in [2.45, 2.75) is 0 Å². The third-order valence-corrected chi connectivity index (χ3v) is 0. The third kappa shape index (κ3) is 13.4. The molecule has 4 heavy (non-hydrogen) atoms. The van der Waals surface area contributed by atoms with Crippen molar-refractivity contribution in [1.82, 2.24) is 0 Å². The van der Waals surface area contributed by atoms with Crippen molar-refractivity contribution < 1.29 is 5.11 Å². The average molecular weight is 182 g/mol. The van der Waals surface area contributed by atoms with Crippen LogP contribution in [0.1, 0.15) is 0 Å². The molecule has 0 aromatic rings. The second-order valence-corrected chi connectivity index (χ2v) is 0.100. The summed E-state index contributed by atoms with van der Waals surface area (Å²) in [7, 11) is 0. The van der Waals surface area contributed by atoms with Crippen molar-refractivity contribution in [3.05, 3.63) is 0 Å². The molecule has 2 nitrogen and oxygen atoms in total. The first-order valence-electron chi connectivity index (χ1n) is 0.447. The van der Waals surface area contributed by atoms with Gasteiger partial charge in [-0.25, -0.2) is 0 Å². The Bertz CT molecular complexity index is 29.5. The van der Waals surface area contributed by atoms with Crippen LogP contribution in [0.4, 0.5) is 0 Å². The maximum absolute atomic E-state index is 6.88. The van der Waals surface area contributed by atoms with E-state index in [1.807, 2.05) is 0 Å². The van der Waals surface area contributed by atoms with E-state index in [0.717, 1.165) is 6.26 Å². The molecule has 0 spiro atoms. The van der Waals surface area contributed by atoms with Gasteiger partial charge in [-0.3, -0.25) is 0 Å². The second kappa shape index (κ2) is 9.12. The molecule has 0 aliphatic carbocycles. The molecule has 0 aromatic heterocycles. The summed E-state index contributed by atoms with van der Waals surface area (Å²) >= 11 is 0. The molecule has 0 aliphatic heterocycles. The molecule has 20 valence electrons. The molecule has 3 heteroatoms. The predicted molar refractivity (Wildman–Crippen MR) is 16.1 cm³/mol. The molecule has 0 radical (unpaired) electrons. The molecule has 0 unspecified atom stereocenters. The van der Waals surface area contributed by atoms with Gasteiger partial charge >= 0.3 is 48.9 Å². The van der Waals surface area contributed by atoms with Gasteiger partial charge in [-0.1, -0.05) is 0 Å². The van der Waals surface area contributed by atoms with Gasteiger partial charge in [-0.05, 0) is 0 Å². The summed E-state index contributed by atoms with van der Waals surface area (Å²) in [6, 6.07) is 0. The minimum absolute atomic E-state index is 0. The van der Waals surface area contributed by atoms with Crippen LogP contribution in [0.15, 0.2) is 0 Å². The first kappa shape index (κ1) is 8.85. The molecule has 0 rings (SSSR count). The summed E-state index contributed by atoms with van der Waals surface area (Å²) in [5.41, 5.74) is 0. The van der Waals surface area contributed by atoms with Gasteiger partial charge in [0.25, 0.3) is 6.26 Å². The number of hydrogen-bond acceptors (Lipinski definition) is 2. The number of aliphatic hydroxyl groups is 1. The Kier molecular flexibility index (Phi) is 20.2. The van der Waals surface area contributed by atoms with E-state index < -0.39 is 0 Å². The molecular formula is CH3BaNO. The minimum atomic E-state index is 0. The Labute approximate surface area is 64.5 Å². The van der Waals surface area contributed by atoms with Gasteiger partial charge in [0.05, 0.1) is 0 Å². The van der Waals surface area contributed by atoms with Crippen molar-refractivity contribution >= 4 is 48.9 Å². The fourth-order valence-electron chi connectivity index (χ4n) is 0. The first-order chi connectivity index (χ1) is 1.41. The van der Waals surface area contributed by atoms with Crippen molar-refractivity contribution in [2.75, 3.05) is 0 Å². The number of nitriles is 1. The number of rotatable bonds is 0. The third-order valence-electron chi connectivity index (χ3n) is 0. The summed E-state index contributed by atoms with van der Waals surface area (Å²) in [5, 5.41) is 13.8. The normalized spacial score (nSPS) is 1.75. The van der Waals surface area contributed by atoms with Gasteiger partial charge in [0.2, 0.25) is 0 Å². The number of hydrogen-bond donors (Lipinski definition) is 1. The molecule has 0 saturated heterocycles. The van der Waals surface area contributed by atoms with E-state index in [1.54, 1.807) is 0 Å². The Morgan fingerprint density at radius 3 is 1.75 bits per heavy atom. The van der Waals surface area contributed by atoms with E-state index in [2.05, 4.69) is 0 Å². The van der Waals surface area contributed by atoms with Crippen molar-refractivity contribution in [1.29, 1.82) is 5.26 Å². The van der Waals surface area contributed by atoms with Crippen LogP contribution in [-0.2, 0) is 0 Å². The Hall–Kier alpha value is 0.861. The molecule has 0 aromatic carbocycles. The topological polar surface area (TPSA) is 44.0 Å². The van der Waals surface area contributed by atoms with E-state index >= 15 is 0 Å². The summed E-state index contributed by atoms with van der Waals surface area (Å²) in [6.07, 6.45) is 0.750. The van der Waals surface area contributed by atoms with Crippen LogP contribution in [0.2, 0.25) is 0 Å². The monoisotopic (exact) mass is 183 g/mol. The molecule has 0 aliphatic rings. The quantitative estimate of drug-likeness (QED) is 0.383. The van der Waals surface area contributed by atoms with Crippen LogP contribution in [0.5, 0.6) is 0 Å². The zero-order valence-corrected chi connectivity index (χ0v) is 1.39. The Balaban J connectivity index is 0. The van der Waals surface area contributed by atoms with E-state index in [0.29, 0.717) is 0 Å². The molecular weight excluding hydrogens is 179 g/mol. The molecule has 1 N–H and O–H groups in total. The van der Waals surface area contributed by atoms with Crippen molar-refractivity contribution in [3.63, 3.8) is 0 Å². The summed E-state index contributed by atoms with van der Waals surface area (Å²) in [4.78, 5) is 0. The van der Waals surface area contributed by atoms with Crippen LogP contribution in [0, 0.1) is 11.5 Å². The van der Waals surface area contributed by atoms with Gasteiger partial charge in [0.1, 0.15) is 0 Å². The Morgan fingerprint density at radius 1 is 1.75 bits per heavy atom. The number of aliphatic hydroxyl groups excluding tert-OH is 1. The molecule has 0 bridgehead atoms. The van der Waals surface area contributed by atoms with Crippen LogP contribution in [-0.4, -0.2) is 54.0 Å². The van der Waals surface area contributed by atoms with Gasteiger partial charge in [-0.2, -0.15) is 5.26 Å². The Morgan fingerprint density at radius 2 is 1.75 bits per heavy atom. The van der Waals surface area contributed by atoms with Crippen molar-refractivity contribution in [3.8, 4) is 6.26 Å². The van der Waals surface area contributed by atoms with Crippen LogP contribution in [0.25, 0.3) is 0 Å². The first-order valence-corrected chi connectivity index (χ1v) is 0.447. The van der Waals surface area contributed by atoms with Crippen LogP contribution < -0.4 is 0 Å². The van der Waals surface area contributed by atoms with E-state index in [-0.39, 0.29) is 48.9 Å². The summed E-state index contributed by atoms with van der Waals surface area (Å²) in [6.45, 7) is 0. The molecule has 0 saturated carbocycles. The van der Waals surface area contributed by atoms with Crippen LogP contribution in [0.3, 0.4) is 0 Å². The SMILES string of the molecule is N#CO.[BaH2]. The predicted octanol–water partition coefficient (Wildman–Crippen LogP) is -1.08.